The topological polar surface area (TPSA) is 57.5 Å². The van der Waals surface area contributed by atoms with E-state index in [-0.39, 0.29) is 0 Å². The van der Waals surface area contributed by atoms with E-state index in [0.717, 1.165) is 0 Å². The van der Waals surface area contributed by atoms with E-state index in [1.807, 2.05) is 109 Å². The maximum Gasteiger partial charge on any atom is 0.503 e. The first kappa shape index (κ1) is 18.9. The van der Waals surface area contributed by atoms with Crippen molar-refractivity contribution in [3.8, 4) is 0 Å². The molecule has 114 valence electrons. The Kier molecular flexibility index (Phi) is 13.8. The second-order valence-corrected chi connectivity index (χ2v) is 3.75. The first-order valence-electron chi connectivity index (χ1n) is 6.65. The Labute approximate surface area is 131 Å². The van der Waals surface area contributed by atoms with Gasteiger partial charge in [-0.1, -0.05) is 109 Å². The third-order valence-electron chi connectivity index (χ3n) is 2.00. The number of carboxylic acid groups (broad SMARTS) is 2. The standard InChI is InChI=1S/3C6H6.CH2O3/c3*1-2-4-6-5-3-1;2-1(3)4/h3*1-6H;(H2,2,3,4). The fraction of sp³-hybridized carbons (Fsp3) is 0. The van der Waals surface area contributed by atoms with E-state index in [2.05, 4.69) is 0 Å². The van der Waals surface area contributed by atoms with Crippen molar-refractivity contribution in [2.75, 3.05) is 0 Å². The second-order valence-electron chi connectivity index (χ2n) is 3.75. The number of hydrogen-bond acceptors (Lipinski definition) is 1. The molecule has 0 saturated heterocycles. The van der Waals surface area contributed by atoms with Gasteiger partial charge in [-0.3, -0.25) is 0 Å². The van der Waals surface area contributed by atoms with Crippen LogP contribution in [0.1, 0.15) is 0 Å². The molecule has 0 radical (unpaired) electrons. The van der Waals surface area contributed by atoms with Gasteiger partial charge in [-0.15, -0.1) is 0 Å². The Morgan fingerprint density at radius 1 is 0.364 bits per heavy atom. The van der Waals surface area contributed by atoms with Gasteiger partial charge in [0.25, 0.3) is 0 Å². The highest BCUT2D eigenvalue weighted by Gasteiger charge is 1.70. The molecule has 0 spiro atoms. The predicted octanol–water partition coefficient (Wildman–Crippen LogP) is 5.28. The average Bonchev–Trinajstić information content (AvgIpc) is 2.60. The van der Waals surface area contributed by atoms with E-state index in [1.54, 1.807) is 0 Å². The summed E-state index contributed by atoms with van der Waals surface area (Å²) in [4.78, 5) is 8.56. The summed E-state index contributed by atoms with van der Waals surface area (Å²) < 4.78 is 0. The van der Waals surface area contributed by atoms with E-state index in [0.29, 0.717) is 0 Å². The van der Waals surface area contributed by atoms with Crippen molar-refractivity contribution in [1.82, 2.24) is 0 Å². The molecule has 0 fully saturated rings. The smallest absolute Gasteiger partial charge is 0.450 e. The minimum atomic E-state index is -1.83. The Balaban J connectivity index is 0.000000271. The molecule has 3 heteroatoms. The molecule has 3 aromatic carbocycles. The molecule has 0 saturated carbocycles. The minimum Gasteiger partial charge on any atom is -0.450 e. The highest BCUT2D eigenvalue weighted by molar-refractivity contribution is 5.53. The number of benzene rings is 3. The molecule has 0 aliphatic carbocycles. The largest absolute Gasteiger partial charge is 0.503 e. The van der Waals surface area contributed by atoms with Gasteiger partial charge in [0, 0.05) is 0 Å². The fourth-order valence-corrected chi connectivity index (χ4v) is 1.15. The van der Waals surface area contributed by atoms with Crippen molar-refractivity contribution in [2.45, 2.75) is 0 Å². The van der Waals surface area contributed by atoms with Crippen molar-refractivity contribution in [3.05, 3.63) is 109 Å². The molecule has 0 aliphatic heterocycles. The lowest BCUT2D eigenvalue weighted by Crippen LogP contribution is -1.81. The van der Waals surface area contributed by atoms with Crippen LogP contribution in [0.25, 0.3) is 0 Å². The molecule has 0 aliphatic rings. The van der Waals surface area contributed by atoms with Crippen LogP contribution >= 0.6 is 0 Å². The van der Waals surface area contributed by atoms with Gasteiger partial charge in [0.05, 0.1) is 0 Å². The molecule has 0 unspecified atom stereocenters. The van der Waals surface area contributed by atoms with Crippen molar-refractivity contribution < 1.29 is 15.0 Å². The van der Waals surface area contributed by atoms with Crippen LogP contribution in [0, 0.1) is 0 Å². The quantitative estimate of drug-likeness (QED) is 0.593. The molecule has 0 aromatic heterocycles. The second kappa shape index (κ2) is 16.0. The Morgan fingerprint density at radius 3 is 0.455 bits per heavy atom. The van der Waals surface area contributed by atoms with E-state index >= 15 is 0 Å². The zero-order valence-electron chi connectivity index (χ0n) is 12.2. The molecule has 0 atom stereocenters. The van der Waals surface area contributed by atoms with Crippen LogP contribution in [0.15, 0.2) is 109 Å². The van der Waals surface area contributed by atoms with Gasteiger partial charge in [0.1, 0.15) is 0 Å². The summed E-state index contributed by atoms with van der Waals surface area (Å²) in [6, 6.07) is 36.0. The van der Waals surface area contributed by atoms with Gasteiger partial charge in [0.15, 0.2) is 0 Å². The van der Waals surface area contributed by atoms with Crippen molar-refractivity contribution in [1.29, 1.82) is 0 Å². The molecule has 2 N–H and O–H groups in total. The van der Waals surface area contributed by atoms with Gasteiger partial charge in [0.2, 0.25) is 0 Å². The highest BCUT2D eigenvalue weighted by atomic mass is 16.6. The zero-order chi connectivity index (χ0) is 16.3. The lowest BCUT2D eigenvalue weighted by Gasteiger charge is -1.69. The van der Waals surface area contributed by atoms with Crippen molar-refractivity contribution >= 4 is 6.16 Å². The molecular formula is C19H20O3. The van der Waals surface area contributed by atoms with Gasteiger partial charge in [-0.2, -0.15) is 0 Å². The summed E-state index contributed by atoms with van der Waals surface area (Å²) in [7, 11) is 0. The summed E-state index contributed by atoms with van der Waals surface area (Å²) in [6.07, 6.45) is -1.83. The summed E-state index contributed by atoms with van der Waals surface area (Å²) in [5, 5.41) is 13.9. The molecule has 0 heterocycles. The van der Waals surface area contributed by atoms with Crippen LogP contribution < -0.4 is 0 Å². The van der Waals surface area contributed by atoms with Crippen LogP contribution in [-0.4, -0.2) is 16.4 Å². The predicted molar refractivity (Wildman–Crippen MR) is 90.0 cm³/mol. The fourth-order valence-electron chi connectivity index (χ4n) is 1.15. The van der Waals surface area contributed by atoms with Gasteiger partial charge >= 0.3 is 6.16 Å². The molecule has 3 aromatic rings. The van der Waals surface area contributed by atoms with Crippen LogP contribution in [-0.2, 0) is 0 Å². The normalized spacial score (nSPS) is 7.64. The summed E-state index contributed by atoms with van der Waals surface area (Å²) >= 11 is 0. The molecule has 0 bridgehead atoms. The van der Waals surface area contributed by atoms with E-state index in [4.69, 9.17) is 15.0 Å². The Morgan fingerprint density at radius 2 is 0.409 bits per heavy atom. The Bertz CT molecular complexity index is 381. The number of carbonyl (C=O) groups is 1. The van der Waals surface area contributed by atoms with Crippen LogP contribution in [0.4, 0.5) is 4.79 Å². The molecule has 22 heavy (non-hydrogen) atoms. The lowest BCUT2D eigenvalue weighted by atomic mass is 10.4. The van der Waals surface area contributed by atoms with Gasteiger partial charge in [-0.05, 0) is 0 Å². The third-order valence-corrected chi connectivity index (χ3v) is 2.00. The van der Waals surface area contributed by atoms with Crippen molar-refractivity contribution in [2.24, 2.45) is 0 Å². The van der Waals surface area contributed by atoms with Crippen molar-refractivity contribution in [3.63, 3.8) is 0 Å². The zero-order valence-corrected chi connectivity index (χ0v) is 12.2. The molecule has 0 amide bonds. The number of hydrogen-bond donors (Lipinski definition) is 2. The molecule has 3 rings (SSSR count). The van der Waals surface area contributed by atoms with Crippen LogP contribution in [0.2, 0.25) is 0 Å². The Hall–Kier alpha value is -3.07. The summed E-state index contributed by atoms with van der Waals surface area (Å²) in [5.74, 6) is 0. The summed E-state index contributed by atoms with van der Waals surface area (Å²) in [5.41, 5.74) is 0. The number of rotatable bonds is 0. The van der Waals surface area contributed by atoms with E-state index < -0.39 is 6.16 Å². The van der Waals surface area contributed by atoms with Gasteiger partial charge < -0.3 is 10.2 Å². The maximum atomic E-state index is 8.56. The van der Waals surface area contributed by atoms with E-state index in [1.165, 1.54) is 0 Å². The SMILES string of the molecule is O=C(O)O.c1ccccc1.c1ccccc1.c1ccccc1. The van der Waals surface area contributed by atoms with Gasteiger partial charge in [-0.25, -0.2) is 4.79 Å². The maximum absolute atomic E-state index is 8.56. The first-order chi connectivity index (χ1) is 10.7. The highest BCUT2D eigenvalue weighted by Crippen LogP contribution is 1.81. The minimum absolute atomic E-state index is 1.83. The molecular weight excluding hydrogens is 276 g/mol. The van der Waals surface area contributed by atoms with Crippen LogP contribution in [0.5, 0.6) is 0 Å². The lowest BCUT2D eigenvalue weighted by molar-refractivity contribution is 0.137. The van der Waals surface area contributed by atoms with E-state index in [9.17, 15) is 0 Å². The van der Waals surface area contributed by atoms with Crippen LogP contribution in [0.3, 0.4) is 0 Å². The first-order valence-corrected chi connectivity index (χ1v) is 6.65. The average molecular weight is 296 g/mol. The monoisotopic (exact) mass is 296 g/mol. The summed E-state index contributed by atoms with van der Waals surface area (Å²) in [6.45, 7) is 0. The molecule has 3 nitrogen and oxygen atoms in total. The third kappa shape index (κ3) is 19.3.